The lowest BCUT2D eigenvalue weighted by Gasteiger charge is -2.08. The minimum atomic E-state index is 0.623. The molecule has 92 valence electrons. The van der Waals surface area contributed by atoms with Crippen LogP contribution < -0.4 is 0 Å². The standard InChI is InChI=1S/C17H18O/c1-14-7-6-10-16(11-14)17(13-18-2)12-15-8-4-3-5-9-15/h3-12H,13H2,1-2H3/b17-12+. The summed E-state index contributed by atoms with van der Waals surface area (Å²) in [5.41, 5.74) is 4.89. The van der Waals surface area contributed by atoms with Crippen molar-refractivity contribution in [1.82, 2.24) is 0 Å². The van der Waals surface area contributed by atoms with Crippen molar-refractivity contribution in [3.8, 4) is 0 Å². The van der Waals surface area contributed by atoms with Gasteiger partial charge in [0.1, 0.15) is 0 Å². The Morgan fingerprint density at radius 2 is 1.83 bits per heavy atom. The Labute approximate surface area is 109 Å². The maximum absolute atomic E-state index is 5.30. The Morgan fingerprint density at radius 1 is 1.06 bits per heavy atom. The Bertz CT molecular complexity index is 526. The molecule has 0 fully saturated rings. The Hall–Kier alpha value is -1.86. The molecule has 0 aliphatic carbocycles. The van der Waals surface area contributed by atoms with Gasteiger partial charge in [-0.3, -0.25) is 0 Å². The van der Waals surface area contributed by atoms with Crippen LogP contribution in [0.5, 0.6) is 0 Å². The fourth-order valence-electron chi connectivity index (χ4n) is 1.96. The number of benzene rings is 2. The molecule has 1 heteroatoms. The third-order valence-corrected chi connectivity index (χ3v) is 2.83. The first-order valence-electron chi connectivity index (χ1n) is 6.11. The lowest BCUT2D eigenvalue weighted by atomic mass is 10.0. The van der Waals surface area contributed by atoms with Crippen LogP contribution in [0, 0.1) is 6.92 Å². The van der Waals surface area contributed by atoms with Crippen molar-refractivity contribution in [1.29, 1.82) is 0 Å². The highest BCUT2D eigenvalue weighted by atomic mass is 16.5. The van der Waals surface area contributed by atoms with Gasteiger partial charge in [-0.2, -0.15) is 0 Å². The van der Waals surface area contributed by atoms with E-state index in [-0.39, 0.29) is 0 Å². The molecule has 0 aliphatic rings. The quantitative estimate of drug-likeness (QED) is 0.726. The molecule has 1 nitrogen and oxygen atoms in total. The third-order valence-electron chi connectivity index (χ3n) is 2.83. The van der Waals surface area contributed by atoms with Crippen LogP contribution in [0.25, 0.3) is 11.6 Å². The number of ether oxygens (including phenoxy) is 1. The average molecular weight is 238 g/mol. The first-order chi connectivity index (χ1) is 8.79. The molecule has 0 radical (unpaired) electrons. The molecule has 0 bridgehead atoms. The van der Waals surface area contributed by atoms with Gasteiger partial charge in [-0.25, -0.2) is 0 Å². The van der Waals surface area contributed by atoms with E-state index in [1.165, 1.54) is 22.3 Å². The first-order valence-corrected chi connectivity index (χ1v) is 6.11. The minimum Gasteiger partial charge on any atom is -0.380 e. The average Bonchev–Trinajstić information content (AvgIpc) is 2.39. The summed E-state index contributed by atoms with van der Waals surface area (Å²) < 4.78 is 5.30. The van der Waals surface area contributed by atoms with Crippen molar-refractivity contribution in [3.63, 3.8) is 0 Å². The molecule has 0 aliphatic heterocycles. The van der Waals surface area contributed by atoms with E-state index >= 15 is 0 Å². The molecular formula is C17H18O. The summed E-state index contributed by atoms with van der Waals surface area (Å²) >= 11 is 0. The number of hydrogen-bond donors (Lipinski definition) is 0. The van der Waals surface area contributed by atoms with Crippen molar-refractivity contribution in [3.05, 3.63) is 71.3 Å². The van der Waals surface area contributed by atoms with Gasteiger partial charge in [0.25, 0.3) is 0 Å². The van der Waals surface area contributed by atoms with Gasteiger partial charge < -0.3 is 4.74 Å². The maximum Gasteiger partial charge on any atom is 0.0719 e. The molecule has 2 aromatic carbocycles. The lowest BCUT2D eigenvalue weighted by Crippen LogP contribution is -1.94. The van der Waals surface area contributed by atoms with Crippen molar-refractivity contribution in [2.45, 2.75) is 6.92 Å². The monoisotopic (exact) mass is 238 g/mol. The van der Waals surface area contributed by atoms with Crippen molar-refractivity contribution >= 4 is 11.6 Å². The molecule has 2 rings (SSSR count). The highest BCUT2D eigenvalue weighted by molar-refractivity contribution is 5.82. The topological polar surface area (TPSA) is 9.23 Å². The van der Waals surface area contributed by atoms with Gasteiger partial charge in [0.05, 0.1) is 6.61 Å². The normalized spacial score (nSPS) is 11.6. The van der Waals surface area contributed by atoms with Crippen LogP contribution in [0.4, 0.5) is 0 Å². The van der Waals surface area contributed by atoms with Gasteiger partial charge in [-0.05, 0) is 29.7 Å². The smallest absolute Gasteiger partial charge is 0.0719 e. The number of hydrogen-bond acceptors (Lipinski definition) is 1. The number of aryl methyl sites for hydroxylation is 1. The third kappa shape index (κ3) is 3.31. The second kappa shape index (κ2) is 6.18. The predicted octanol–water partition coefficient (Wildman–Crippen LogP) is 4.18. The molecule has 0 saturated heterocycles. The summed E-state index contributed by atoms with van der Waals surface area (Å²) in [7, 11) is 1.73. The molecular weight excluding hydrogens is 220 g/mol. The fraction of sp³-hybridized carbons (Fsp3) is 0.176. The second-order valence-electron chi connectivity index (χ2n) is 4.38. The predicted molar refractivity (Wildman–Crippen MR) is 77.4 cm³/mol. The van der Waals surface area contributed by atoms with E-state index in [0.717, 1.165) is 0 Å². The van der Waals surface area contributed by atoms with Crippen LogP contribution in [0.2, 0.25) is 0 Å². The van der Waals surface area contributed by atoms with Crippen LogP contribution in [0.1, 0.15) is 16.7 Å². The van der Waals surface area contributed by atoms with Gasteiger partial charge in [0, 0.05) is 7.11 Å². The lowest BCUT2D eigenvalue weighted by molar-refractivity contribution is 0.240. The maximum atomic E-state index is 5.30. The molecule has 0 amide bonds. The molecule has 18 heavy (non-hydrogen) atoms. The fourth-order valence-corrected chi connectivity index (χ4v) is 1.96. The zero-order valence-corrected chi connectivity index (χ0v) is 10.9. The molecule has 0 aromatic heterocycles. The zero-order valence-electron chi connectivity index (χ0n) is 10.9. The van der Waals surface area contributed by atoms with E-state index in [2.05, 4.69) is 49.4 Å². The Balaban J connectivity index is 2.37. The van der Waals surface area contributed by atoms with Crippen LogP contribution in [0.15, 0.2) is 54.6 Å². The molecule has 0 spiro atoms. The van der Waals surface area contributed by atoms with E-state index in [9.17, 15) is 0 Å². The van der Waals surface area contributed by atoms with Gasteiger partial charge in [-0.15, -0.1) is 0 Å². The van der Waals surface area contributed by atoms with Crippen LogP contribution >= 0.6 is 0 Å². The van der Waals surface area contributed by atoms with E-state index in [1.807, 2.05) is 18.2 Å². The Kier molecular flexibility index (Phi) is 4.32. The summed E-state index contributed by atoms with van der Waals surface area (Å²) in [6, 6.07) is 18.8. The minimum absolute atomic E-state index is 0.623. The SMILES string of the molecule is COC/C(=C\c1ccccc1)c1cccc(C)c1. The second-order valence-corrected chi connectivity index (χ2v) is 4.38. The summed E-state index contributed by atoms with van der Waals surface area (Å²) in [5.74, 6) is 0. The number of rotatable bonds is 4. The van der Waals surface area contributed by atoms with Crippen LogP contribution in [-0.4, -0.2) is 13.7 Å². The van der Waals surface area contributed by atoms with E-state index in [0.29, 0.717) is 6.61 Å². The highest BCUT2D eigenvalue weighted by Crippen LogP contribution is 2.19. The Morgan fingerprint density at radius 3 is 2.50 bits per heavy atom. The van der Waals surface area contributed by atoms with Crippen LogP contribution in [-0.2, 0) is 4.74 Å². The van der Waals surface area contributed by atoms with Crippen molar-refractivity contribution in [2.75, 3.05) is 13.7 Å². The largest absolute Gasteiger partial charge is 0.380 e. The molecule has 0 atom stereocenters. The molecule has 2 aromatic rings. The van der Waals surface area contributed by atoms with Crippen LogP contribution in [0.3, 0.4) is 0 Å². The summed E-state index contributed by atoms with van der Waals surface area (Å²) in [4.78, 5) is 0. The summed E-state index contributed by atoms with van der Waals surface area (Å²) in [6.07, 6.45) is 2.18. The van der Waals surface area contributed by atoms with Gasteiger partial charge in [0.2, 0.25) is 0 Å². The van der Waals surface area contributed by atoms with Gasteiger partial charge >= 0.3 is 0 Å². The van der Waals surface area contributed by atoms with E-state index < -0.39 is 0 Å². The zero-order chi connectivity index (χ0) is 12.8. The van der Waals surface area contributed by atoms with Gasteiger partial charge in [-0.1, -0.05) is 60.2 Å². The number of methoxy groups -OCH3 is 1. The van der Waals surface area contributed by atoms with Crippen molar-refractivity contribution < 1.29 is 4.74 Å². The summed E-state index contributed by atoms with van der Waals surface area (Å²) in [6.45, 7) is 2.73. The van der Waals surface area contributed by atoms with E-state index in [4.69, 9.17) is 4.74 Å². The van der Waals surface area contributed by atoms with Gasteiger partial charge in [0.15, 0.2) is 0 Å². The first kappa shape index (κ1) is 12.6. The summed E-state index contributed by atoms with van der Waals surface area (Å²) in [5, 5.41) is 0. The van der Waals surface area contributed by atoms with E-state index in [1.54, 1.807) is 7.11 Å². The molecule has 0 N–H and O–H groups in total. The van der Waals surface area contributed by atoms with Crippen molar-refractivity contribution in [2.24, 2.45) is 0 Å². The highest BCUT2D eigenvalue weighted by Gasteiger charge is 2.02. The molecule has 0 saturated carbocycles. The molecule has 0 unspecified atom stereocenters. The molecule has 0 heterocycles.